The van der Waals surface area contributed by atoms with Gasteiger partial charge in [-0.05, 0) is 39.0 Å². The van der Waals surface area contributed by atoms with Gasteiger partial charge in [0, 0.05) is 18.2 Å². The van der Waals surface area contributed by atoms with Crippen molar-refractivity contribution >= 4 is 0 Å². The van der Waals surface area contributed by atoms with Crippen molar-refractivity contribution in [2.24, 2.45) is 0 Å². The summed E-state index contributed by atoms with van der Waals surface area (Å²) >= 11 is 0. The molecule has 0 aromatic heterocycles. The van der Waals surface area contributed by atoms with E-state index in [1.807, 2.05) is 12.1 Å². The van der Waals surface area contributed by atoms with Gasteiger partial charge < -0.3 is 14.8 Å². The van der Waals surface area contributed by atoms with Gasteiger partial charge in [-0.1, -0.05) is 12.1 Å². The number of nitrogens with zero attached hydrogens (tertiary/aromatic N) is 1. The Kier molecular flexibility index (Phi) is 3.39. The number of benzene rings is 1. The third-order valence-corrected chi connectivity index (χ3v) is 3.87. The van der Waals surface area contributed by atoms with Crippen LogP contribution >= 0.6 is 0 Å². The quantitative estimate of drug-likeness (QED) is 0.881. The molecular weight excluding hydrogens is 228 g/mol. The smallest absolute Gasteiger partial charge is 0.231 e. The van der Waals surface area contributed by atoms with E-state index in [9.17, 15) is 0 Å². The molecule has 2 aliphatic heterocycles. The summed E-state index contributed by atoms with van der Waals surface area (Å²) in [5, 5.41) is 3.36. The van der Waals surface area contributed by atoms with Gasteiger partial charge in [0.15, 0.2) is 11.5 Å². The Hall–Kier alpha value is -1.26. The number of likely N-dealkylation sites (tertiary alicyclic amines) is 1. The van der Waals surface area contributed by atoms with Gasteiger partial charge in [0.2, 0.25) is 6.79 Å². The molecule has 1 fully saturated rings. The number of rotatable bonds is 3. The minimum Gasteiger partial charge on any atom is -0.454 e. The van der Waals surface area contributed by atoms with Crippen molar-refractivity contribution in [1.82, 2.24) is 10.2 Å². The third kappa shape index (κ3) is 2.31. The van der Waals surface area contributed by atoms with Crippen LogP contribution in [-0.2, 0) is 6.54 Å². The van der Waals surface area contributed by atoms with Crippen molar-refractivity contribution in [3.8, 4) is 11.5 Å². The van der Waals surface area contributed by atoms with Crippen molar-refractivity contribution in [3.63, 3.8) is 0 Å². The molecule has 4 heteroatoms. The van der Waals surface area contributed by atoms with E-state index in [2.05, 4.69) is 23.3 Å². The Labute approximate surface area is 108 Å². The maximum Gasteiger partial charge on any atom is 0.231 e. The topological polar surface area (TPSA) is 33.7 Å². The van der Waals surface area contributed by atoms with E-state index in [1.165, 1.54) is 18.4 Å². The van der Waals surface area contributed by atoms with Crippen molar-refractivity contribution in [2.75, 3.05) is 26.9 Å². The van der Waals surface area contributed by atoms with E-state index in [4.69, 9.17) is 9.47 Å². The second kappa shape index (κ2) is 5.16. The molecule has 2 heterocycles. The molecule has 0 unspecified atom stereocenters. The summed E-state index contributed by atoms with van der Waals surface area (Å²) in [6, 6.07) is 6.84. The molecule has 0 bridgehead atoms. The number of fused-ring (bicyclic) bond motifs is 1. The predicted molar refractivity (Wildman–Crippen MR) is 69.9 cm³/mol. The van der Waals surface area contributed by atoms with Gasteiger partial charge in [-0.15, -0.1) is 0 Å². The Morgan fingerprint density at radius 2 is 2.11 bits per heavy atom. The molecule has 2 aliphatic rings. The van der Waals surface area contributed by atoms with Crippen molar-refractivity contribution in [2.45, 2.75) is 25.4 Å². The molecule has 0 saturated carbocycles. The standard InChI is InChI=1S/C14H20N2O2/c1-15-12-5-7-16(8-6-12)9-11-3-2-4-13-14(11)18-10-17-13/h2-4,12,15H,5-10H2,1H3. The number of piperidine rings is 1. The minimum atomic E-state index is 0.355. The van der Waals surface area contributed by atoms with Crippen molar-refractivity contribution in [1.29, 1.82) is 0 Å². The second-order valence-corrected chi connectivity index (χ2v) is 4.99. The number of ether oxygens (including phenoxy) is 2. The first kappa shape index (κ1) is 11.8. The lowest BCUT2D eigenvalue weighted by Crippen LogP contribution is -2.40. The molecule has 1 aromatic carbocycles. The van der Waals surface area contributed by atoms with E-state index >= 15 is 0 Å². The molecule has 0 aliphatic carbocycles. The van der Waals surface area contributed by atoms with Crippen LogP contribution in [0.2, 0.25) is 0 Å². The van der Waals surface area contributed by atoms with Crippen LogP contribution in [0, 0.1) is 0 Å². The fourth-order valence-electron chi connectivity index (χ4n) is 2.74. The summed E-state index contributed by atoms with van der Waals surface area (Å²) in [5.74, 6) is 1.82. The molecule has 0 radical (unpaired) electrons. The van der Waals surface area contributed by atoms with Crippen LogP contribution in [-0.4, -0.2) is 37.9 Å². The summed E-state index contributed by atoms with van der Waals surface area (Å²) in [7, 11) is 2.05. The normalized spacial score (nSPS) is 20.3. The molecule has 98 valence electrons. The van der Waals surface area contributed by atoms with Crippen LogP contribution in [0.3, 0.4) is 0 Å². The summed E-state index contributed by atoms with van der Waals surface area (Å²) in [6.07, 6.45) is 2.45. The van der Waals surface area contributed by atoms with Crippen molar-refractivity contribution < 1.29 is 9.47 Å². The molecular formula is C14H20N2O2. The number of para-hydroxylation sites is 1. The van der Waals surface area contributed by atoms with E-state index in [0.29, 0.717) is 12.8 Å². The minimum absolute atomic E-state index is 0.355. The number of nitrogens with one attached hydrogen (secondary N) is 1. The fourth-order valence-corrected chi connectivity index (χ4v) is 2.74. The lowest BCUT2D eigenvalue weighted by atomic mass is 10.0. The molecule has 4 nitrogen and oxygen atoms in total. The second-order valence-electron chi connectivity index (χ2n) is 4.99. The highest BCUT2D eigenvalue weighted by Gasteiger charge is 2.22. The van der Waals surface area contributed by atoms with E-state index in [0.717, 1.165) is 31.1 Å². The fraction of sp³-hybridized carbons (Fsp3) is 0.571. The SMILES string of the molecule is CNC1CCN(Cc2cccc3c2OCO3)CC1. The molecule has 1 aromatic rings. The van der Waals surface area contributed by atoms with Gasteiger partial charge in [-0.3, -0.25) is 4.90 Å². The molecule has 1 N–H and O–H groups in total. The van der Waals surface area contributed by atoms with E-state index in [-0.39, 0.29) is 0 Å². The summed E-state index contributed by atoms with van der Waals surface area (Å²) in [5.41, 5.74) is 1.24. The summed E-state index contributed by atoms with van der Waals surface area (Å²) in [4.78, 5) is 2.49. The highest BCUT2D eigenvalue weighted by molar-refractivity contribution is 5.48. The average Bonchev–Trinajstić information content (AvgIpc) is 2.89. The van der Waals surface area contributed by atoms with Crippen LogP contribution in [0.1, 0.15) is 18.4 Å². The first-order valence-corrected chi connectivity index (χ1v) is 6.64. The summed E-state index contributed by atoms with van der Waals surface area (Å²) < 4.78 is 11.0. The Bertz CT molecular complexity index is 414. The van der Waals surface area contributed by atoms with Crippen LogP contribution in [0.25, 0.3) is 0 Å². The lowest BCUT2D eigenvalue weighted by molar-refractivity contribution is 0.168. The van der Waals surface area contributed by atoms with Gasteiger partial charge >= 0.3 is 0 Å². The largest absolute Gasteiger partial charge is 0.454 e. The molecule has 0 atom stereocenters. The molecule has 1 saturated heterocycles. The van der Waals surface area contributed by atoms with E-state index < -0.39 is 0 Å². The zero-order valence-corrected chi connectivity index (χ0v) is 10.8. The highest BCUT2D eigenvalue weighted by Crippen LogP contribution is 2.36. The third-order valence-electron chi connectivity index (χ3n) is 3.87. The highest BCUT2D eigenvalue weighted by atomic mass is 16.7. The van der Waals surface area contributed by atoms with Gasteiger partial charge in [0.25, 0.3) is 0 Å². The number of hydrogen-bond donors (Lipinski definition) is 1. The number of hydrogen-bond acceptors (Lipinski definition) is 4. The van der Waals surface area contributed by atoms with Crippen molar-refractivity contribution in [3.05, 3.63) is 23.8 Å². The molecule has 0 spiro atoms. The van der Waals surface area contributed by atoms with Crippen LogP contribution in [0.5, 0.6) is 11.5 Å². The Balaban J connectivity index is 1.65. The van der Waals surface area contributed by atoms with Gasteiger partial charge in [0.1, 0.15) is 0 Å². The zero-order valence-electron chi connectivity index (χ0n) is 10.8. The average molecular weight is 248 g/mol. The predicted octanol–water partition coefficient (Wildman–Crippen LogP) is 1.60. The maximum absolute atomic E-state index is 5.55. The first-order chi connectivity index (χ1) is 8.86. The molecule has 18 heavy (non-hydrogen) atoms. The van der Waals surface area contributed by atoms with E-state index in [1.54, 1.807) is 0 Å². The van der Waals surface area contributed by atoms with Gasteiger partial charge in [-0.2, -0.15) is 0 Å². The van der Waals surface area contributed by atoms with Crippen LogP contribution < -0.4 is 14.8 Å². The monoisotopic (exact) mass is 248 g/mol. The molecule has 3 rings (SSSR count). The summed E-state index contributed by atoms with van der Waals surface area (Å²) in [6.45, 7) is 3.61. The molecule has 0 amide bonds. The Morgan fingerprint density at radius 1 is 1.28 bits per heavy atom. The lowest BCUT2D eigenvalue weighted by Gasteiger charge is -2.31. The zero-order chi connectivity index (χ0) is 12.4. The maximum atomic E-state index is 5.55. The Morgan fingerprint density at radius 3 is 2.89 bits per heavy atom. The van der Waals surface area contributed by atoms with Crippen LogP contribution in [0.4, 0.5) is 0 Å². The van der Waals surface area contributed by atoms with Gasteiger partial charge in [-0.25, -0.2) is 0 Å². The van der Waals surface area contributed by atoms with Gasteiger partial charge in [0.05, 0.1) is 0 Å². The van der Waals surface area contributed by atoms with Crippen LogP contribution in [0.15, 0.2) is 18.2 Å². The first-order valence-electron chi connectivity index (χ1n) is 6.64.